The van der Waals surface area contributed by atoms with Crippen molar-refractivity contribution in [3.63, 3.8) is 0 Å². The molecule has 0 fully saturated rings. The first-order valence-electron chi connectivity index (χ1n) is 3.46. The molecule has 0 radical (unpaired) electrons. The summed E-state index contributed by atoms with van der Waals surface area (Å²) in [7, 11) is 0. The topological polar surface area (TPSA) is 23.8 Å². The molecule has 0 N–H and O–H groups in total. The average Bonchev–Trinajstić information content (AvgIpc) is 2.01. The second-order valence-electron chi connectivity index (χ2n) is 2.53. The minimum absolute atomic E-state index is 0.359. The fourth-order valence-electron chi connectivity index (χ4n) is 0.908. The summed E-state index contributed by atoms with van der Waals surface area (Å²) in [6.45, 7) is 1.96. The average molecular weight is 245 g/mol. The van der Waals surface area contributed by atoms with Gasteiger partial charge >= 0.3 is 0 Å². The summed E-state index contributed by atoms with van der Waals surface area (Å²) >= 11 is 9.29. The van der Waals surface area contributed by atoms with E-state index >= 15 is 0 Å². The van der Waals surface area contributed by atoms with Crippen LogP contribution in [0.2, 0.25) is 5.02 Å². The fraction of sp³-hybridized carbons (Fsp3) is 0.222. The summed E-state index contributed by atoms with van der Waals surface area (Å²) in [6, 6.07) is 5.82. The third kappa shape index (κ3) is 2.00. The van der Waals surface area contributed by atoms with Crippen LogP contribution >= 0.6 is 27.5 Å². The van der Waals surface area contributed by atoms with Gasteiger partial charge in [0.25, 0.3) is 0 Å². The standard InChI is InChI=1S/C9H7BrClN/c1-6-4-9(11)7(2-3-12)5-8(6)10/h4-5H,2H2,1H3. The first kappa shape index (κ1) is 9.57. The summed E-state index contributed by atoms with van der Waals surface area (Å²) in [4.78, 5) is 0. The predicted molar refractivity (Wildman–Crippen MR) is 53.2 cm³/mol. The molecule has 0 atom stereocenters. The maximum absolute atomic E-state index is 8.48. The van der Waals surface area contributed by atoms with Crippen LogP contribution in [0.5, 0.6) is 0 Å². The third-order valence-corrected chi connectivity index (χ3v) is 2.80. The Morgan fingerprint density at radius 3 is 2.83 bits per heavy atom. The molecule has 1 aromatic rings. The second-order valence-corrected chi connectivity index (χ2v) is 3.79. The number of aryl methyl sites for hydroxylation is 1. The molecule has 0 saturated heterocycles. The van der Waals surface area contributed by atoms with Crippen molar-refractivity contribution in [3.8, 4) is 6.07 Å². The van der Waals surface area contributed by atoms with E-state index < -0.39 is 0 Å². The summed E-state index contributed by atoms with van der Waals surface area (Å²) in [5.41, 5.74) is 1.96. The van der Waals surface area contributed by atoms with Crippen molar-refractivity contribution in [1.29, 1.82) is 5.26 Å². The van der Waals surface area contributed by atoms with Gasteiger partial charge in [0.1, 0.15) is 0 Å². The Hall–Kier alpha value is -0.520. The van der Waals surface area contributed by atoms with Gasteiger partial charge in [-0.25, -0.2) is 0 Å². The van der Waals surface area contributed by atoms with Gasteiger partial charge in [0, 0.05) is 9.50 Å². The monoisotopic (exact) mass is 243 g/mol. The van der Waals surface area contributed by atoms with Crippen LogP contribution in [0, 0.1) is 18.3 Å². The van der Waals surface area contributed by atoms with Gasteiger partial charge in [-0.05, 0) is 30.2 Å². The van der Waals surface area contributed by atoms with Crippen LogP contribution < -0.4 is 0 Å². The molecule has 0 saturated carbocycles. The molecule has 1 aromatic carbocycles. The summed E-state index contributed by atoms with van der Waals surface area (Å²) in [6.07, 6.45) is 0.359. The zero-order chi connectivity index (χ0) is 9.14. The van der Waals surface area contributed by atoms with Crippen molar-refractivity contribution in [3.05, 3.63) is 32.8 Å². The maximum atomic E-state index is 8.48. The molecule has 0 aliphatic rings. The van der Waals surface area contributed by atoms with Gasteiger partial charge < -0.3 is 0 Å². The van der Waals surface area contributed by atoms with E-state index in [0.29, 0.717) is 11.4 Å². The van der Waals surface area contributed by atoms with E-state index in [1.807, 2.05) is 19.1 Å². The molecule has 1 nitrogen and oxygen atoms in total. The Labute approximate surface area is 85.1 Å². The molecule has 0 bridgehead atoms. The van der Waals surface area contributed by atoms with Crippen LogP contribution in [0.3, 0.4) is 0 Å². The molecule has 3 heteroatoms. The molecular weight excluding hydrogens is 237 g/mol. The van der Waals surface area contributed by atoms with E-state index in [4.69, 9.17) is 16.9 Å². The maximum Gasteiger partial charge on any atom is 0.0670 e. The molecule has 0 amide bonds. The second kappa shape index (κ2) is 3.93. The fourth-order valence-corrected chi connectivity index (χ4v) is 1.58. The molecule has 0 aromatic heterocycles. The highest BCUT2D eigenvalue weighted by Gasteiger charge is 2.02. The lowest BCUT2D eigenvalue weighted by molar-refractivity contribution is 1.24. The first-order valence-corrected chi connectivity index (χ1v) is 4.63. The van der Waals surface area contributed by atoms with Gasteiger partial charge in [0.15, 0.2) is 0 Å². The van der Waals surface area contributed by atoms with E-state index in [2.05, 4.69) is 22.0 Å². The lowest BCUT2D eigenvalue weighted by Gasteiger charge is -2.03. The van der Waals surface area contributed by atoms with Crippen LogP contribution in [0.4, 0.5) is 0 Å². The molecule has 0 heterocycles. The lowest BCUT2D eigenvalue weighted by Crippen LogP contribution is -1.86. The van der Waals surface area contributed by atoms with Gasteiger partial charge in [-0.2, -0.15) is 5.26 Å². The highest BCUT2D eigenvalue weighted by molar-refractivity contribution is 9.10. The van der Waals surface area contributed by atoms with Gasteiger partial charge in [0.2, 0.25) is 0 Å². The molecular formula is C9H7BrClN. The van der Waals surface area contributed by atoms with Crippen molar-refractivity contribution in [2.75, 3.05) is 0 Å². The summed E-state index contributed by atoms with van der Waals surface area (Å²) in [5, 5.41) is 9.14. The smallest absolute Gasteiger partial charge is 0.0670 e. The normalized spacial score (nSPS) is 9.50. The van der Waals surface area contributed by atoms with Crippen molar-refractivity contribution in [1.82, 2.24) is 0 Å². The number of hydrogen-bond donors (Lipinski definition) is 0. The molecule has 62 valence electrons. The molecule has 0 aliphatic carbocycles. The minimum Gasteiger partial charge on any atom is -0.198 e. The number of nitrogens with zero attached hydrogens (tertiary/aromatic N) is 1. The van der Waals surface area contributed by atoms with Crippen molar-refractivity contribution in [2.24, 2.45) is 0 Å². The largest absolute Gasteiger partial charge is 0.198 e. The summed E-state index contributed by atoms with van der Waals surface area (Å²) < 4.78 is 0.997. The third-order valence-electron chi connectivity index (χ3n) is 1.60. The minimum atomic E-state index is 0.359. The molecule has 0 spiro atoms. The highest BCUT2D eigenvalue weighted by Crippen LogP contribution is 2.25. The number of hydrogen-bond acceptors (Lipinski definition) is 1. The molecule has 12 heavy (non-hydrogen) atoms. The highest BCUT2D eigenvalue weighted by atomic mass is 79.9. The quantitative estimate of drug-likeness (QED) is 0.742. The van der Waals surface area contributed by atoms with Gasteiger partial charge in [-0.3, -0.25) is 0 Å². The van der Waals surface area contributed by atoms with E-state index in [-0.39, 0.29) is 0 Å². The van der Waals surface area contributed by atoms with Crippen molar-refractivity contribution >= 4 is 27.5 Å². The van der Waals surface area contributed by atoms with Crippen molar-refractivity contribution < 1.29 is 0 Å². The number of halogens is 2. The van der Waals surface area contributed by atoms with Crippen molar-refractivity contribution in [2.45, 2.75) is 13.3 Å². The Morgan fingerprint density at radius 2 is 2.25 bits per heavy atom. The predicted octanol–water partition coefficient (Wildman–Crippen LogP) is 3.48. The van der Waals surface area contributed by atoms with E-state index in [1.54, 1.807) is 0 Å². The van der Waals surface area contributed by atoms with Crippen LogP contribution in [0.25, 0.3) is 0 Å². The number of nitriles is 1. The number of benzene rings is 1. The van der Waals surface area contributed by atoms with Crippen LogP contribution in [0.1, 0.15) is 11.1 Å². The Balaban J connectivity index is 3.16. The number of rotatable bonds is 1. The lowest BCUT2D eigenvalue weighted by atomic mass is 10.1. The Bertz CT molecular complexity index is 341. The van der Waals surface area contributed by atoms with E-state index in [1.165, 1.54) is 0 Å². The first-order chi connectivity index (χ1) is 5.65. The Morgan fingerprint density at radius 1 is 1.58 bits per heavy atom. The molecule has 1 rings (SSSR count). The van der Waals surface area contributed by atoms with Crippen LogP contribution in [-0.4, -0.2) is 0 Å². The Kier molecular flexibility index (Phi) is 3.13. The zero-order valence-electron chi connectivity index (χ0n) is 6.56. The molecule has 0 aliphatic heterocycles. The van der Waals surface area contributed by atoms with Gasteiger partial charge in [-0.15, -0.1) is 0 Å². The van der Waals surface area contributed by atoms with E-state index in [0.717, 1.165) is 15.6 Å². The molecule has 0 unspecified atom stereocenters. The van der Waals surface area contributed by atoms with Gasteiger partial charge in [-0.1, -0.05) is 27.5 Å². The zero-order valence-corrected chi connectivity index (χ0v) is 8.91. The van der Waals surface area contributed by atoms with E-state index in [9.17, 15) is 0 Å². The van der Waals surface area contributed by atoms with Crippen LogP contribution in [0.15, 0.2) is 16.6 Å². The summed E-state index contributed by atoms with van der Waals surface area (Å²) in [5.74, 6) is 0. The van der Waals surface area contributed by atoms with Gasteiger partial charge in [0.05, 0.1) is 12.5 Å². The van der Waals surface area contributed by atoms with Crippen LogP contribution in [-0.2, 0) is 6.42 Å². The SMILES string of the molecule is Cc1cc(Cl)c(CC#N)cc1Br.